The molecule has 8 rings (SSSR count). The first-order valence-corrected chi connectivity index (χ1v) is 18.2. The van der Waals surface area contributed by atoms with E-state index in [1.807, 2.05) is 31.2 Å². The zero-order valence-electron chi connectivity index (χ0n) is 29.0. The number of hydrogen-bond acceptors (Lipinski definition) is 10. The van der Waals surface area contributed by atoms with Gasteiger partial charge in [0, 0.05) is 28.8 Å². The molecule has 12 nitrogen and oxygen atoms in total. The summed E-state index contributed by atoms with van der Waals surface area (Å²) in [7, 11) is 2.79. The molecule has 3 fully saturated rings. The van der Waals surface area contributed by atoms with E-state index in [1.54, 1.807) is 50.4 Å². The number of rotatable bonds is 5. The van der Waals surface area contributed by atoms with Crippen molar-refractivity contribution in [3.05, 3.63) is 70.3 Å². The Bertz CT molecular complexity index is 2290. The summed E-state index contributed by atoms with van der Waals surface area (Å²) in [5.41, 5.74) is 1.58. The van der Waals surface area contributed by atoms with Crippen LogP contribution in [0.2, 0.25) is 5.02 Å². The Labute approximate surface area is 307 Å². The molecule has 5 amide bonds. The number of amides is 5. The molecule has 4 aliphatic rings. The van der Waals surface area contributed by atoms with Crippen LogP contribution < -0.4 is 9.64 Å². The van der Waals surface area contributed by atoms with Gasteiger partial charge in [0.15, 0.2) is 11.5 Å². The molecule has 6 atom stereocenters. The molecule has 2 aromatic heterocycles. The molecule has 0 bridgehead atoms. The summed E-state index contributed by atoms with van der Waals surface area (Å²) in [6.45, 7) is 5.82. The van der Waals surface area contributed by atoms with Gasteiger partial charge in [-0.2, -0.15) is 10.00 Å². The molecule has 2 saturated heterocycles. The second kappa shape index (κ2) is 12.0. The van der Waals surface area contributed by atoms with Crippen LogP contribution in [-0.2, 0) is 31.0 Å². The molecule has 2 aliphatic heterocycles. The van der Waals surface area contributed by atoms with Crippen LogP contribution in [0.15, 0.2) is 54.1 Å². The lowest BCUT2D eigenvalue weighted by Crippen LogP contribution is -2.49. The Morgan fingerprint density at radius 2 is 1.85 bits per heavy atom. The molecule has 2 aromatic carbocycles. The maximum atomic E-state index is 15.0. The van der Waals surface area contributed by atoms with Crippen molar-refractivity contribution in [2.75, 3.05) is 18.6 Å². The fraction of sp³-hybridized carbons (Fsp3) is 0.368. The predicted octanol–water partition coefficient (Wildman–Crippen LogP) is 6.37. The molecule has 0 radical (unpaired) electrons. The number of ether oxygens (including phenoxy) is 2. The first kappa shape index (κ1) is 34.1. The molecule has 268 valence electrons. The van der Waals surface area contributed by atoms with E-state index in [0.29, 0.717) is 27.0 Å². The molecule has 1 N–H and O–H groups in total. The normalized spacial score (nSPS) is 26.8. The zero-order chi connectivity index (χ0) is 37.0. The summed E-state index contributed by atoms with van der Waals surface area (Å²) in [5.74, 6) is -5.78. The van der Waals surface area contributed by atoms with E-state index in [-0.39, 0.29) is 30.9 Å². The summed E-state index contributed by atoms with van der Waals surface area (Å²) >= 11 is 7.84. The summed E-state index contributed by atoms with van der Waals surface area (Å²) in [5, 5.41) is 17.0. The number of phenolic OH excluding ortho intramolecular Hbond substituents is 1. The van der Waals surface area contributed by atoms with Gasteiger partial charge in [-0.15, -0.1) is 11.3 Å². The van der Waals surface area contributed by atoms with Gasteiger partial charge < -0.3 is 14.6 Å². The SMILES string of the molecule is CCOc1cc(C2C3=CCC4C(=O)N(C(=O)OC)C(=O)C4C3CC3C(=O)N(c4cc(-c5sc6ccc(Cl)cc6c5C)nn4C)C(=O)C32C)ccc1O. The number of carbonyl (C=O) groups excluding carboxylic acids is 5. The van der Waals surface area contributed by atoms with Crippen molar-refractivity contribution < 1.29 is 38.6 Å². The number of nitrogens with zero attached hydrogens (tertiary/aromatic N) is 4. The number of hydrogen-bond donors (Lipinski definition) is 1. The summed E-state index contributed by atoms with van der Waals surface area (Å²) in [6, 6.07) is 12.3. The minimum atomic E-state index is -1.34. The van der Waals surface area contributed by atoms with Crippen molar-refractivity contribution in [2.24, 2.45) is 36.1 Å². The summed E-state index contributed by atoms with van der Waals surface area (Å²) in [6.07, 6.45) is 1.10. The molecule has 4 aromatic rings. The third-order valence-electron chi connectivity index (χ3n) is 11.5. The van der Waals surface area contributed by atoms with Gasteiger partial charge in [-0.25, -0.2) is 9.69 Å². The maximum absolute atomic E-state index is 15.0. The van der Waals surface area contributed by atoms with Crippen molar-refractivity contribution in [2.45, 2.75) is 39.5 Å². The standard InChI is InChI=1S/C38H35ClN4O8S/c1-6-51-27-13-18(7-11-26(27)44)31-20-9-10-21-30(35(47)43(33(21)45)37(49)50-5)23(20)15-24-34(46)42(36(48)38(24,31)3)29-16-25(40-41(29)4)32-17(2)22-14-19(39)8-12-28(22)52-32/h7-9,11-14,16,21,23-24,30-31,44H,6,10,15H2,1-5H3. The van der Waals surface area contributed by atoms with Gasteiger partial charge in [0.05, 0.1) is 41.8 Å². The number of halogens is 1. The maximum Gasteiger partial charge on any atom is 0.423 e. The fourth-order valence-corrected chi connectivity index (χ4v) is 10.4. The monoisotopic (exact) mass is 742 g/mol. The van der Waals surface area contributed by atoms with Gasteiger partial charge in [-0.05, 0) is 86.4 Å². The quantitative estimate of drug-likeness (QED) is 0.182. The van der Waals surface area contributed by atoms with Crippen LogP contribution in [0.4, 0.5) is 10.6 Å². The second-order valence-corrected chi connectivity index (χ2v) is 15.5. The lowest BCUT2D eigenvalue weighted by atomic mass is 9.51. The predicted molar refractivity (Wildman–Crippen MR) is 192 cm³/mol. The number of aromatic nitrogens is 2. The van der Waals surface area contributed by atoms with Crippen LogP contribution in [0.25, 0.3) is 20.7 Å². The highest BCUT2D eigenvalue weighted by atomic mass is 35.5. The Hall–Kier alpha value is -5.01. The largest absolute Gasteiger partial charge is 0.504 e. The number of imide groups is 4. The van der Waals surface area contributed by atoms with Crippen LogP contribution in [-0.4, -0.2) is 63.2 Å². The van der Waals surface area contributed by atoms with Gasteiger partial charge >= 0.3 is 6.09 Å². The highest BCUT2D eigenvalue weighted by Crippen LogP contribution is 2.64. The lowest BCUT2D eigenvalue weighted by molar-refractivity contribution is -0.138. The van der Waals surface area contributed by atoms with Crippen LogP contribution in [0.5, 0.6) is 11.5 Å². The molecular weight excluding hydrogens is 708 g/mol. The van der Waals surface area contributed by atoms with Gasteiger partial charge in [0.1, 0.15) is 11.5 Å². The number of methoxy groups -OCH3 is 1. The number of benzene rings is 2. The fourth-order valence-electron chi connectivity index (χ4n) is 9.08. The Morgan fingerprint density at radius 1 is 1.08 bits per heavy atom. The number of carbonyl (C=O) groups is 5. The molecule has 6 unspecified atom stereocenters. The highest BCUT2D eigenvalue weighted by molar-refractivity contribution is 7.22. The summed E-state index contributed by atoms with van der Waals surface area (Å²) in [4.78, 5) is 72.3. The number of fused-ring (bicyclic) bond motifs is 5. The first-order valence-electron chi connectivity index (χ1n) is 17.0. The highest BCUT2D eigenvalue weighted by Gasteiger charge is 2.68. The molecule has 52 heavy (non-hydrogen) atoms. The first-order chi connectivity index (χ1) is 24.8. The van der Waals surface area contributed by atoms with E-state index in [9.17, 15) is 24.3 Å². The number of anilines is 1. The van der Waals surface area contributed by atoms with Gasteiger partial charge in [-0.3, -0.25) is 23.9 Å². The van der Waals surface area contributed by atoms with Crippen molar-refractivity contribution >= 4 is 68.6 Å². The van der Waals surface area contributed by atoms with Crippen LogP contribution in [0, 0.1) is 36.0 Å². The molecule has 2 aliphatic carbocycles. The third-order valence-corrected chi connectivity index (χ3v) is 13.0. The van der Waals surface area contributed by atoms with E-state index >= 15 is 4.79 Å². The van der Waals surface area contributed by atoms with Gasteiger partial charge in [0.2, 0.25) is 23.6 Å². The smallest absolute Gasteiger partial charge is 0.423 e. The summed E-state index contributed by atoms with van der Waals surface area (Å²) < 4.78 is 13.1. The number of allylic oxidation sites excluding steroid dienone is 2. The number of thiophene rings is 1. The number of likely N-dealkylation sites (tertiary alicyclic amines) is 1. The second-order valence-electron chi connectivity index (χ2n) is 14.0. The van der Waals surface area contributed by atoms with Crippen molar-refractivity contribution in [3.63, 3.8) is 0 Å². The third kappa shape index (κ3) is 4.64. The molecule has 4 heterocycles. The average molecular weight is 743 g/mol. The van der Waals surface area contributed by atoms with E-state index in [1.165, 1.54) is 15.6 Å². The minimum Gasteiger partial charge on any atom is -0.504 e. The minimum absolute atomic E-state index is 0.0840. The topological polar surface area (TPSA) is 148 Å². The van der Waals surface area contributed by atoms with E-state index in [2.05, 4.69) is 0 Å². The number of aryl methyl sites for hydroxylation is 2. The Morgan fingerprint density at radius 3 is 2.58 bits per heavy atom. The molecule has 1 saturated carbocycles. The Balaban J connectivity index is 1.26. The van der Waals surface area contributed by atoms with Gasteiger partial charge in [0.25, 0.3) is 0 Å². The number of phenols is 1. The zero-order valence-corrected chi connectivity index (χ0v) is 30.6. The molecule has 0 spiro atoms. The van der Waals surface area contributed by atoms with Crippen molar-refractivity contribution in [1.29, 1.82) is 0 Å². The average Bonchev–Trinajstić information content (AvgIpc) is 3.79. The van der Waals surface area contributed by atoms with Crippen LogP contribution in [0.3, 0.4) is 0 Å². The van der Waals surface area contributed by atoms with Crippen molar-refractivity contribution in [1.82, 2.24) is 14.7 Å². The molecular formula is C38H35ClN4O8S. The van der Waals surface area contributed by atoms with E-state index in [4.69, 9.17) is 26.2 Å². The van der Waals surface area contributed by atoms with E-state index in [0.717, 1.165) is 33.2 Å². The lowest BCUT2D eigenvalue weighted by Gasteiger charge is -2.49. The Kier molecular flexibility index (Phi) is 7.88. The van der Waals surface area contributed by atoms with Crippen molar-refractivity contribution in [3.8, 4) is 22.1 Å². The van der Waals surface area contributed by atoms with Gasteiger partial charge in [-0.1, -0.05) is 29.3 Å². The van der Waals surface area contributed by atoms with Crippen LogP contribution in [0.1, 0.15) is 43.7 Å². The van der Waals surface area contributed by atoms with Crippen LogP contribution >= 0.6 is 22.9 Å². The van der Waals surface area contributed by atoms with E-state index < -0.39 is 64.7 Å². The molecule has 14 heteroatoms. The number of aromatic hydroxyl groups is 1.